The van der Waals surface area contributed by atoms with Gasteiger partial charge in [0.05, 0.1) is 28.8 Å². The molecule has 5 nitrogen and oxygen atoms in total. The standard InChI is InChI=1S/C20H15ClN4OS.C2H6/c1-12-18(15-4-2-13(7-22)3-5-15)17(8-23)20(27)25(12)10-14-6-16(11-26)19(21)24-9-14;1-2/h2-6,9,26-27H,10-11H2,1H3;1-2H3. The summed E-state index contributed by atoms with van der Waals surface area (Å²) in [6.07, 6.45) is 1.64. The number of thiol groups is 1. The van der Waals surface area contributed by atoms with E-state index >= 15 is 0 Å². The molecule has 0 aliphatic rings. The number of nitrogens with zero attached hydrogens (tertiary/aromatic N) is 4. The molecule has 0 fully saturated rings. The molecule has 29 heavy (non-hydrogen) atoms. The highest BCUT2D eigenvalue weighted by Gasteiger charge is 2.20. The normalized spacial score (nSPS) is 9.93. The third-order valence-electron chi connectivity index (χ3n) is 4.39. The molecule has 0 spiro atoms. The van der Waals surface area contributed by atoms with Crippen molar-refractivity contribution in [3.63, 3.8) is 0 Å². The molecule has 3 rings (SSSR count). The van der Waals surface area contributed by atoms with E-state index in [1.807, 2.05) is 37.5 Å². The molecule has 2 heterocycles. The van der Waals surface area contributed by atoms with E-state index < -0.39 is 0 Å². The first kappa shape index (κ1) is 22.5. The molecule has 0 amide bonds. The SMILES string of the molecule is CC.Cc1c(-c2ccc(C#N)cc2)c(C#N)c(S)n1Cc1cnc(Cl)c(CO)c1. The Bertz CT molecular complexity index is 1090. The number of rotatable bonds is 4. The van der Waals surface area contributed by atoms with Gasteiger partial charge in [-0.25, -0.2) is 4.98 Å². The lowest BCUT2D eigenvalue weighted by Crippen LogP contribution is -2.04. The molecule has 0 bridgehead atoms. The smallest absolute Gasteiger partial charge is 0.134 e. The van der Waals surface area contributed by atoms with E-state index in [0.717, 1.165) is 22.4 Å². The summed E-state index contributed by atoms with van der Waals surface area (Å²) in [4.78, 5) is 4.10. The average molecular weight is 425 g/mol. The number of hydrogen-bond acceptors (Lipinski definition) is 5. The lowest BCUT2D eigenvalue weighted by molar-refractivity contribution is 0.281. The Hall–Kier alpha value is -2.77. The maximum absolute atomic E-state index is 9.66. The van der Waals surface area contributed by atoms with E-state index in [2.05, 4.69) is 29.8 Å². The minimum Gasteiger partial charge on any atom is -0.392 e. The summed E-state index contributed by atoms with van der Waals surface area (Å²) in [5.74, 6) is 0. The van der Waals surface area contributed by atoms with Gasteiger partial charge in [0, 0.05) is 29.6 Å². The second-order valence-electron chi connectivity index (χ2n) is 6.00. The van der Waals surface area contributed by atoms with Gasteiger partial charge in [-0.1, -0.05) is 37.6 Å². The fourth-order valence-corrected chi connectivity index (χ4v) is 3.55. The zero-order chi connectivity index (χ0) is 21.6. The second kappa shape index (κ2) is 10.1. The second-order valence-corrected chi connectivity index (χ2v) is 6.78. The van der Waals surface area contributed by atoms with E-state index in [0.29, 0.717) is 28.3 Å². The van der Waals surface area contributed by atoms with Crippen LogP contribution in [0.5, 0.6) is 0 Å². The van der Waals surface area contributed by atoms with Crippen LogP contribution in [0.15, 0.2) is 41.6 Å². The Morgan fingerprint density at radius 3 is 2.38 bits per heavy atom. The maximum atomic E-state index is 9.66. The third kappa shape index (κ3) is 4.63. The van der Waals surface area contributed by atoms with Gasteiger partial charge >= 0.3 is 0 Å². The fourth-order valence-electron chi connectivity index (χ4n) is 3.01. The number of halogens is 1. The number of pyridine rings is 1. The van der Waals surface area contributed by atoms with Crippen LogP contribution in [0.2, 0.25) is 5.15 Å². The molecule has 7 heteroatoms. The van der Waals surface area contributed by atoms with Gasteiger partial charge in [-0.05, 0) is 36.2 Å². The predicted molar refractivity (Wildman–Crippen MR) is 117 cm³/mol. The van der Waals surface area contributed by atoms with E-state index in [4.69, 9.17) is 16.9 Å². The van der Waals surface area contributed by atoms with Gasteiger partial charge in [0.15, 0.2) is 0 Å². The van der Waals surface area contributed by atoms with E-state index in [1.54, 1.807) is 24.4 Å². The summed E-state index contributed by atoms with van der Waals surface area (Å²) >= 11 is 10.5. The van der Waals surface area contributed by atoms with Crippen LogP contribution in [0.3, 0.4) is 0 Å². The number of aliphatic hydroxyl groups excluding tert-OH is 1. The van der Waals surface area contributed by atoms with Gasteiger partial charge in [0.25, 0.3) is 0 Å². The first-order valence-electron chi connectivity index (χ1n) is 9.07. The lowest BCUT2D eigenvalue weighted by Gasteiger charge is -2.11. The molecule has 2 aromatic heterocycles. The Kier molecular flexibility index (Phi) is 7.87. The van der Waals surface area contributed by atoms with Crippen molar-refractivity contribution in [2.75, 3.05) is 0 Å². The van der Waals surface area contributed by atoms with Gasteiger partial charge in [0.2, 0.25) is 0 Å². The summed E-state index contributed by atoms with van der Waals surface area (Å²) < 4.78 is 1.92. The van der Waals surface area contributed by atoms with Crippen molar-refractivity contribution >= 4 is 24.2 Å². The van der Waals surface area contributed by atoms with Gasteiger partial charge in [-0.3, -0.25) is 0 Å². The van der Waals surface area contributed by atoms with Gasteiger partial charge in [-0.2, -0.15) is 10.5 Å². The first-order valence-corrected chi connectivity index (χ1v) is 9.89. The quantitative estimate of drug-likeness (QED) is 0.450. The molecule has 0 atom stereocenters. The van der Waals surface area contributed by atoms with E-state index in [-0.39, 0.29) is 11.8 Å². The van der Waals surface area contributed by atoms with Crippen LogP contribution < -0.4 is 0 Å². The summed E-state index contributed by atoms with van der Waals surface area (Å²) in [7, 11) is 0. The molecule has 0 unspecified atom stereocenters. The van der Waals surface area contributed by atoms with E-state index in [1.165, 1.54) is 0 Å². The lowest BCUT2D eigenvalue weighted by atomic mass is 10.0. The monoisotopic (exact) mass is 424 g/mol. The van der Waals surface area contributed by atoms with E-state index in [9.17, 15) is 10.4 Å². The van der Waals surface area contributed by atoms with Crippen molar-refractivity contribution in [1.29, 1.82) is 10.5 Å². The molecular weight excluding hydrogens is 404 g/mol. The van der Waals surface area contributed by atoms with Crippen LogP contribution >= 0.6 is 24.2 Å². The first-order chi connectivity index (χ1) is 14.0. The number of hydrogen-bond donors (Lipinski definition) is 2. The summed E-state index contributed by atoms with van der Waals surface area (Å²) in [6, 6.07) is 13.2. The molecule has 1 N–H and O–H groups in total. The summed E-state index contributed by atoms with van der Waals surface area (Å²) in [6.45, 7) is 6.16. The third-order valence-corrected chi connectivity index (χ3v) is 5.20. The number of aliphatic hydroxyl groups is 1. The van der Waals surface area contributed by atoms with Crippen molar-refractivity contribution in [1.82, 2.24) is 9.55 Å². The molecule has 0 saturated heterocycles. The van der Waals surface area contributed by atoms with Crippen LogP contribution in [0.1, 0.15) is 41.8 Å². The van der Waals surface area contributed by atoms with Crippen LogP contribution in [-0.4, -0.2) is 14.7 Å². The fraction of sp³-hybridized carbons (Fsp3) is 0.227. The van der Waals surface area contributed by atoms with Crippen molar-refractivity contribution in [3.05, 3.63) is 69.6 Å². The zero-order valence-electron chi connectivity index (χ0n) is 16.4. The van der Waals surface area contributed by atoms with Crippen molar-refractivity contribution in [2.24, 2.45) is 0 Å². The Morgan fingerprint density at radius 2 is 1.83 bits per heavy atom. The van der Waals surface area contributed by atoms with Gasteiger partial charge in [-0.15, -0.1) is 12.6 Å². The topological polar surface area (TPSA) is 85.6 Å². The molecule has 1 aromatic carbocycles. The summed E-state index contributed by atoms with van der Waals surface area (Å²) in [5.41, 5.74) is 4.94. The van der Waals surface area contributed by atoms with Crippen molar-refractivity contribution < 1.29 is 5.11 Å². The minimum atomic E-state index is -0.196. The highest BCUT2D eigenvalue weighted by atomic mass is 35.5. The zero-order valence-corrected chi connectivity index (χ0v) is 18.1. The van der Waals surface area contributed by atoms with Crippen molar-refractivity contribution in [3.8, 4) is 23.3 Å². The molecule has 0 radical (unpaired) electrons. The van der Waals surface area contributed by atoms with Gasteiger partial charge < -0.3 is 9.67 Å². The largest absolute Gasteiger partial charge is 0.392 e. The van der Waals surface area contributed by atoms with Gasteiger partial charge in [0.1, 0.15) is 11.2 Å². The molecule has 0 saturated carbocycles. The number of nitriles is 2. The van der Waals surface area contributed by atoms with Crippen LogP contribution in [0, 0.1) is 29.6 Å². The molecule has 0 aliphatic heterocycles. The molecular formula is C22H21ClN4OS. The Labute approximate surface area is 181 Å². The number of aromatic nitrogens is 2. The highest BCUT2D eigenvalue weighted by molar-refractivity contribution is 7.80. The maximum Gasteiger partial charge on any atom is 0.134 e. The summed E-state index contributed by atoms with van der Waals surface area (Å²) in [5, 5.41) is 28.8. The average Bonchev–Trinajstić information content (AvgIpc) is 3.00. The predicted octanol–water partition coefficient (Wildman–Crippen LogP) is 5.11. The Morgan fingerprint density at radius 1 is 1.17 bits per heavy atom. The Balaban J connectivity index is 0.00000145. The number of benzene rings is 1. The van der Waals surface area contributed by atoms with Crippen LogP contribution in [0.25, 0.3) is 11.1 Å². The molecule has 148 valence electrons. The van der Waals surface area contributed by atoms with Crippen molar-refractivity contribution in [2.45, 2.75) is 38.9 Å². The highest BCUT2D eigenvalue weighted by Crippen LogP contribution is 2.34. The van der Waals surface area contributed by atoms with Crippen LogP contribution in [-0.2, 0) is 13.2 Å². The molecule has 3 aromatic rings. The molecule has 0 aliphatic carbocycles. The minimum absolute atomic E-state index is 0.196. The van der Waals surface area contributed by atoms with Crippen LogP contribution in [0.4, 0.5) is 0 Å².